The molecule has 4 nitrogen and oxygen atoms in total. The molecule has 0 spiro atoms. The van der Waals surface area contributed by atoms with Crippen molar-refractivity contribution in [1.82, 2.24) is 10.2 Å². The number of aliphatic hydroxyl groups is 1. The van der Waals surface area contributed by atoms with E-state index in [2.05, 4.69) is 52.7 Å². The van der Waals surface area contributed by atoms with E-state index < -0.39 is 0 Å². The van der Waals surface area contributed by atoms with Gasteiger partial charge in [-0.3, -0.25) is 4.79 Å². The van der Waals surface area contributed by atoms with Gasteiger partial charge in [-0.25, -0.2) is 0 Å². The number of amides is 1. The highest BCUT2D eigenvalue weighted by atomic mass is 16.2. The third-order valence-electron chi connectivity index (χ3n) is 7.93. The first-order chi connectivity index (χ1) is 16.1. The Labute approximate surface area is 199 Å². The van der Waals surface area contributed by atoms with Crippen LogP contribution < -0.4 is 5.32 Å². The van der Waals surface area contributed by atoms with E-state index >= 15 is 0 Å². The lowest BCUT2D eigenvalue weighted by atomic mass is 9.78. The molecule has 2 aliphatic carbocycles. The number of nitrogens with zero attached hydrogens (tertiary/aromatic N) is 1. The molecular weight excluding hydrogens is 408 g/mol. The largest absolute Gasteiger partial charge is 0.396 e. The molecule has 2 aliphatic rings. The van der Waals surface area contributed by atoms with Gasteiger partial charge < -0.3 is 15.3 Å². The average Bonchev–Trinajstić information content (AvgIpc) is 2.87. The van der Waals surface area contributed by atoms with Crippen molar-refractivity contribution < 1.29 is 9.90 Å². The SMILES string of the molecule is CNCc1cc(CCCO)ccc1C1CCC(N(C)C(=O)C2CCc3ccccc3C2)CC1. The first-order valence-corrected chi connectivity index (χ1v) is 12.8. The van der Waals surface area contributed by atoms with E-state index in [4.69, 9.17) is 5.11 Å². The molecule has 0 saturated heterocycles. The first kappa shape index (κ1) is 24.0. The molecule has 2 N–H and O–H groups in total. The van der Waals surface area contributed by atoms with E-state index in [-0.39, 0.29) is 12.5 Å². The molecule has 1 unspecified atom stereocenters. The Bertz CT molecular complexity index is 933. The summed E-state index contributed by atoms with van der Waals surface area (Å²) in [5.74, 6) is 1.05. The minimum atomic E-state index is 0.135. The Morgan fingerprint density at radius 2 is 1.82 bits per heavy atom. The number of fused-ring (bicyclic) bond motifs is 1. The Kier molecular flexibility index (Phi) is 8.21. The minimum absolute atomic E-state index is 0.135. The van der Waals surface area contributed by atoms with Crippen LogP contribution >= 0.6 is 0 Å². The quantitative estimate of drug-likeness (QED) is 0.620. The van der Waals surface area contributed by atoms with E-state index in [0.29, 0.717) is 17.9 Å². The fourth-order valence-corrected chi connectivity index (χ4v) is 5.99. The van der Waals surface area contributed by atoms with E-state index in [1.54, 1.807) is 0 Å². The van der Waals surface area contributed by atoms with E-state index in [9.17, 15) is 4.79 Å². The summed E-state index contributed by atoms with van der Waals surface area (Å²) < 4.78 is 0. The Morgan fingerprint density at radius 3 is 2.55 bits per heavy atom. The maximum absolute atomic E-state index is 13.3. The van der Waals surface area contributed by atoms with Crippen molar-refractivity contribution in [2.45, 2.75) is 76.3 Å². The van der Waals surface area contributed by atoms with Crippen LogP contribution in [0.15, 0.2) is 42.5 Å². The zero-order chi connectivity index (χ0) is 23.2. The van der Waals surface area contributed by atoms with Gasteiger partial charge in [0.15, 0.2) is 0 Å². The number of carbonyl (C=O) groups excluding carboxylic acids is 1. The fraction of sp³-hybridized carbons (Fsp3) is 0.552. The molecule has 1 fully saturated rings. The van der Waals surface area contributed by atoms with Crippen LogP contribution in [0.1, 0.15) is 72.3 Å². The van der Waals surface area contributed by atoms with Gasteiger partial charge in [-0.15, -0.1) is 0 Å². The second kappa shape index (κ2) is 11.3. The zero-order valence-electron chi connectivity index (χ0n) is 20.4. The fourth-order valence-electron chi connectivity index (χ4n) is 5.99. The van der Waals surface area contributed by atoms with Crippen LogP contribution in [0.2, 0.25) is 0 Å². The number of benzene rings is 2. The molecule has 1 amide bonds. The third-order valence-corrected chi connectivity index (χ3v) is 7.93. The summed E-state index contributed by atoms with van der Waals surface area (Å²) in [5.41, 5.74) is 6.95. The number of rotatable bonds is 8. The van der Waals surface area contributed by atoms with E-state index in [1.807, 2.05) is 14.1 Å². The third kappa shape index (κ3) is 5.67. The van der Waals surface area contributed by atoms with Crippen molar-refractivity contribution in [2.24, 2.45) is 5.92 Å². The molecule has 4 heteroatoms. The molecule has 2 aromatic rings. The van der Waals surface area contributed by atoms with Gasteiger partial charge in [0.2, 0.25) is 5.91 Å². The molecule has 2 aromatic carbocycles. The standard InChI is InChI=1S/C29H40N2O2/c1-30-20-26-18-21(6-5-17-32)9-16-28(26)23-12-14-27(15-13-23)31(2)29(33)25-11-10-22-7-3-4-8-24(22)19-25/h3-4,7-9,16,18,23,25,27,30,32H,5-6,10-15,17,19-20H2,1-2H3. The summed E-state index contributed by atoms with van der Waals surface area (Å²) in [6, 6.07) is 15.9. The first-order valence-electron chi connectivity index (χ1n) is 12.8. The molecule has 0 heterocycles. The Morgan fingerprint density at radius 1 is 1.06 bits per heavy atom. The number of hydrogen-bond acceptors (Lipinski definition) is 3. The molecule has 0 aliphatic heterocycles. The van der Waals surface area contributed by atoms with Crippen LogP contribution in [-0.4, -0.2) is 42.7 Å². The topological polar surface area (TPSA) is 52.6 Å². The summed E-state index contributed by atoms with van der Waals surface area (Å²) in [5, 5.41) is 12.5. The molecule has 0 radical (unpaired) electrons. The Hall–Kier alpha value is -2.17. The predicted molar refractivity (Wildman–Crippen MR) is 134 cm³/mol. The van der Waals surface area contributed by atoms with Crippen molar-refractivity contribution in [1.29, 1.82) is 0 Å². The summed E-state index contributed by atoms with van der Waals surface area (Å²) in [6.45, 7) is 1.12. The molecule has 178 valence electrons. The molecule has 33 heavy (non-hydrogen) atoms. The summed E-state index contributed by atoms with van der Waals surface area (Å²) in [7, 11) is 4.04. The minimum Gasteiger partial charge on any atom is -0.396 e. The lowest BCUT2D eigenvalue weighted by Gasteiger charge is -2.38. The second-order valence-electron chi connectivity index (χ2n) is 10.1. The number of aryl methyl sites for hydroxylation is 2. The van der Waals surface area contributed by atoms with Crippen LogP contribution in [0.5, 0.6) is 0 Å². The van der Waals surface area contributed by atoms with E-state index in [1.165, 1.54) is 27.8 Å². The zero-order valence-corrected chi connectivity index (χ0v) is 20.4. The lowest BCUT2D eigenvalue weighted by molar-refractivity contribution is -0.137. The molecule has 0 aromatic heterocycles. The van der Waals surface area contributed by atoms with Gasteiger partial charge in [0.05, 0.1) is 0 Å². The summed E-state index contributed by atoms with van der Waals surface area (Å²) in [6.07, 6.45) is 9.09. The van der Waals surface area contributed by atoms with E-state index in [0.717, 1.165) is 64.3 Å². The van der Waals surface area contributed by atoms with Crippen LogP contribution in [0.25, 0.3) is 0 Å². The van der Waals surface area contributed by atoms with Gasteiger partial charge in [0.1, 0.15) is 0 Å². The number of hydrogen-bond donors (Lipinski definition) is 2. The number of nitrogens with one attached hydrogen (secondary N) is 1. The Balaban J connectivity index is 1.36. The lowest BCUT2D eigenvalue weighted by Crippen LogP contribution is -2.43. The van der Waals surface area contributed by atoms with Gasteiger partial charge >= 0.3 is 0 Å². The maximum Gasteiger partial charge on any atom is 0.226 e. The summed E-state index contributed by atoms with van der Waals surface area (Å²) >= 11 is 0. The normalized spacial score (nSPS) is 22.6. The molecule has 4 rings (SSSR count). The number of carbonyl (C=O) groups is 1. The molecule has 0 bridgehead atoms. The van der Waals surface area contributed by atoms with Crippen LogP contribution in [0.4, 0.5) is 0 Å². The monoisotopic (exact) mass is 448 g/mol. The van der Waals surface area contributed by atoms with Crippen molar-refractivity contribution in [3.63, 3.8) is 0 Å². The molecule has 1 atom stereocenters. The van der Waals surface area contributed by atoms with Crippen molar-refractivity contribution in [3.8, 4) is 0 Å². The van der Waals surface area contributed by atoms with Gasteiger partial charge in [-0.1, -0.05) is 42.5 Å². The highest BCUT2D eigenvalue weighted by Crippen LogP contribution is 2.37. The molecular formula is C29H40N2O2. The summed E-state index contributed by atoms with van der Waals surface area (Å²) in [4.78, 5) is 15.4. The highest BCUT2D eigenvalue weighted by molar-refractivity contribution is 5.79. The van der Waals surface area contributed by atoms with Crippen LogP contribution in [0.3, 0.4) is 0 Å². The number of aliphatic hydroxyl groups excluding tert-OH is 1. The van der Waals surface area contributed by atoms with Crippen molar-refractivity contribution >= 4 is 5.91 Å². The van der Waals surface area contributed by atoms with Crippen molar-refractivity contribution in [3.05, 3.63) is 70.3 Å². The average molecular weight is 449 g/mol. The van der Waals surface area contributed by atoms with Gasteiger partial charge in [-0.2, -0.15) is 0 Å². The smallest absolute Gasteiger partial charge is 0.226 e. The van der Waals surface area contributed by atoms with Gasteiger partial charge in [-0.05, 0) is 98.6 Å². The second-order valence-corrected chi connectivity index (χ2v) is 10.1. The van der Waals surface area contributed by atoms with Crippen LogP contribution in [0, 0.1) is 5.92 Å². The van der Waals surface area contributed by atoms with Gasteiger partial charge in [0, 0.05) is 32.2 Å². The molecule has 1 saturated carbocycles. The predicted octanol–water partition coefficient (Wildman–Crippen LogP) is 4.62. The van der Waals surface area contributed by atoms with Crippen molar-refractivity contribution in [2.75, 3.05) is 20.7 Å². The van der Waals surface area contributed by atoms with Gasteiger partial charge in [0.25, 0.3) is 0 Å². The van der Waals surface area contributed by atoms with Crippen LogP contribution in [-0.2, 0) is 30.6 Å². The highest BCUT2D eigenvalue weighted by Gasteiger charge is 2.32. The maximum atomic E-state index is 13.3.